The smallest absolute Gasteiger partial charge is 0.154 e. The Morgan fingerprint density at radius 2 is 1.78 bits per heavy atom. The van der Waals surface area contributed by atoms with Crippen LogP contribution in [0, 0.1) is 5.41 Å². The van der Waals surface area contributed by atoms with Crippen LogP contribution in [-0.2, 0) is 15.6 Å². The van der Waals surface area contributed by atoms with E-state index in [9.17, 15) is 8.42 Å². The molecule has 1 rings (SSSR count). The maximum Gasteiger partial charge on any atom is 0.154 e. The van der Waals surface area contributed by atoms with Crippen molar-refractivity contribution >= 4 is 21.4 Å². The van der Waals surface area contributed by atoms with E-state index in [2.05, 4.69) is 0 Å². The second kappa shape index (κ2) is 6.04. The molecule has 0 amide bonds. The Morgan fingerprint density at radius 1 is 1.22 bits per heavy atom. The average Bonchev–Trinajstić information content (AvgIpc) is 2.30. The normalized spacial score (nSPS) is 12.7. The Hall–Kier alpha value is -0.580. The van der Waals surface area contributed by atoms with Gasteiger partial charge in [-0.15, -0.1) is 0 Å². The second-order valence-corrected chi connectivity index (χ2v) is 7.96. The van der Waals surface area contributed by atoms with E-state index in [-0.39, 0.29) is 16.9 Å². The van der Waals surface area contributed by atoms with Gasteiger partial charge in [0.25, 0.3) is 0 Å². The minimum Gasteiger partial charge on any atom is -0.330 e. The van der Waals surface area contributed by atoms with Gasteiger partial charge in [-0.1, -0.05) is 37.6 Å². The molecule has 0 radical (unpaired) electrons. The van der Waals surface area contributed by atoms with E-state index in [0.717, 1.165) is 5.56 Å². The third kappa shape index (κ3) is 5.38. The Labute approximate surface area is 114 Å². The number of hydrogen-bond donors (Lipinski definition) is 1. The second-order valence-electron chi connectivity index (χ2n) is 5.34. The number of halogens is 1. The highest BCUT2D eigenvalue weighted by molar-refractivity contribution is 7.90. The fraction of sp³-hybridized carbons (Fsp3) is 0.538. The molecule has 0 aromatic heterocycles. The molecule has 0 aliphatic rings. The van der Waals surface area contributed by atoms with E-state index in [1.54, 1.807) is 24.3 Å². The van der Waals surface area contributed by atoms with Crippen LogP contribution < -0.4 is 5.73 Å². The summed E-state index contributed by atoms with van der Waals surface area (Å²) in [6, 6.07) is 6.90. The molecule has 0 aliphatic heterocycles. The Balaban J connectivity index is 2.63. The van der Waals surface area contributed by atoms with Crippen LogP contribution in [0.5, 0.6) is 0 Å². The van der Waals surface area contributed by atoms with Crippen LogP contribution in [0.2, 0.25) is 5.02 Å². The fourth-order valence-electron chi connectivity index (χ4n) is 1.44. The number of rotatable bonds is 6. The van der Waals surface area contributed by atoms with Gasteiger partial charge in [-0.3, -0.25) is 0 Å². The first-order valence-corrected chi connectivity index (χ1v) is 8.09. The van der Waals surface area contributed by atoms with Crippen LogP contribution in [-0.4, -0.2) is 20.7 Å². The highest BCUT2D eigenvalue weighted by Gasteiger charge is 2.20. The van der Waals surface area contributed by atoms with E-state index in [1.165, 1.54) is 0 Å². The Morgan fingerprint density at radius 3 is 2.28 bits per heavy atom. The summed E-state index contributed by atoms with van der Waals surface area (Å²) in [6.45, 7) is 4.44. The van der Waals surface area contributed by atoms with E-state index in [0.29, 0.717) is 18.0 Å². The molecular weight excluding hydrogens is 270 g/mol. The van der Waals surface area contributed by atoms with Gasteiger partial charge >= 0.3 is 0 Å². The topological polar surface area (TPSA) is 60.2 Å². The van der Waals surface area contributed by atoms with Crippen LogP contribution in [0.25, 0.3) is 0 Å². The van der Waals surface area contributed by atoms with Gasteiger partial charge in [0.2, 0.25) is 0 Å². The van der Waals surface area contributed by atoms with Crippen molar-refractivity contribution in [3.05, 3.63) is 34.9 Å². The molecule has 102 valence electrons. The summed E-state index contributed by atoms with van der Waals surface area (Å²) in [4.78, 5) is 0. The SMILES string of the molecule is CC(C)(CN)CCS(=O)(=O)Cc1ccc(Cl)cc1. The third-order valence-corrected chi connectivity index (χ3v) is 4.79. The molecule has 1 aromatic carbocycles. The molecule has 0 saturated heterocycles. The van der Waals surface area contributed by atoms with Gasteiger partial charge in [-0.05, 0) is 36.1 Å². The molecule has 0 saturated carbocycles. The summed E-state index contributed by atoms with van der Waals surface area (Å²) < 4.78 is 23.9. The zero-order valence-electron chi connectivity index (χ0n) is 10.8. The van der Waals surface area contributed by atoms with E-state index >= 15 is 0 Å². The first-order chi connectivity index (χ1) is 8.24. The Kier molecular flexibility index (Phi) is 5.20. The lowest BCUT2D eigenvalue weighted by Gasteiger charge is -2.21. The van der Waals surface area contributed by atoms with Crippen LogP contribution in [0.3, 0.4) is 0 Å². The molecule has 0 unspecified atom stereocenters. The summed E-state index contributed by atoms with van der Waals surface area (Å²) in [7, 11) is -3.09. The molecule has 0 atom stereocenters. The summed E-state index contributed by atoms with van der Waals surface area (Å²) in [5.74, 6) is 0.227. The first kappa shape index (κ1) is 15.5. The van der Waals surface area contributed by atoms with Crippen LogP contribution in [0.4, 0.5) is 0 Å². The standard InChI is InChI=1S/C13H20ClNO2S/c1-13(2,10-15)7-8-18(16,17)9-11-3-5-12(14)6-4-11/h3-6H,7-10,15H2,1-2H3. The van der Waals surface area contributed by atoms with Crippen molar-refractivity contribution in [1.82, 2.24) is 0 Å². The summed E-state index contributed by atoms with van der Waals surface area (Å²) in [5.41, 5.74) is 6.23. The van der Waals surface area contributed by atoms with Crippen LogP contribution in [0.1, 0.15) is 25.8 Å². The Bertz CT molecular complexity index is 480. The van der Waals surface area contributed by atoms with E-state index in [1.807, 2.05) is 13.8 Å². The van der Waals surface area contributed by atoms with Crippen molar-refractivity contribution in [2.24, 2.45) is 11.1 Å². The van der Waals surface area contributed by atoms with Gasteiger partial charge in [-0.25, -0.2) is 8.42 Å². The highest BCUT2D eigenvalue weighted by Crippen LogP contribution is 2.20. The molecule has 0 spiro atoms. The minimum atomic E-state index is -3.09. The average molecular weight is 290 g/mol. The van der Waals surface area contributed by atoms with Crippen molar-refractivity contribution < 1.29 is 8.42 Å². The molecule has 0 fully saturated rings. The molecule has 0 heterocycles. The lowest BCUT2D eigenvalue weighted by molar-refractivity contribution is 0.365. The van der Waals surface area contributed by atoms with Crippen molar-refractivity contribution in [2.45, 2.75) is 26.0 Å². The first-order valence-electron chi connectivity index (χ1n) is 5.89. The number of hydrogen-bond acceptors (Lipinski definition) is 3. The van der Waals surface area contributed by atoms with Gasteiger partial charge in [0.15, 0.2) is 9.84 Å². The largest absolute Gasteiger partial charge is 0.330 e. The lowest BCUT2D eigenvalue weighted by Crippen LogP contribution is -2.26. The number of benzene rings is 1. The summed E-state index contributed by atoms with van der Waals surface area (Å²) in [5, 5.41) is 0.611. The monoisotopic (exact) mass is 289 g/mol. The molecule has 18 heavy (non-hydrogen) atoms. The van der Waals surface area contributed by atoms with Gasteiger partial charge in [0.1, 0.15) is 0 Å². The molecule has 5 heteroatoms. The number of sulfone groups is 1. The molecular formula is C13H20ClNO2S. The van der Waals surface area contributed by atoms with Gasteiger partial charge < -0.3 is 5.73 Å². The van der Waals surface area contributed by atoms with Gasteiger partial charge in [-0.2, -0.15) is 0 Å². The van der Waals surface area contributed by atoms with Gasteiger partial charge in [0.05, 0.1) is 11.5 Å². The predicted octanol–water partition coefficient (Wildman–Crippen LogP) is 2.63. The van der Waals surface area contributed by atoms with Crippen molar-refractivity contribution in [2.75, 3.05) is 12.3 Å². The molecule has 0 bridgehead atoms. The zero-order chi connectivity index (χ0) is 13.8. The predicted molar refractivity (Wildman–Crippen MR) is 76.4 cm³/mol. The van der Waals surface area contributed by atoms with Crippen LogP contribution >= 0.6 is 11.6 Å². The van der Waals surface area contributed by atoms with Crippen molar-refractivity contribution in [3.8, 4) is 0 Å². The summed E-state index contributed by atoms with van der Waals surface area (Å²) in [6.07, 6.45) is 0.583. The quantitative estimate of drug-likeness (QED) is 0.876. The molecule has 3 nitrogen and oxygen atoms in total. The molecule has 2 N–H and O–H groups in total. The summed E-state index contributed by atoms with van der Waals surface area (Å²) >= 11 is 5.76. The molecule has 1 aromatic rings. The van der Waals surface area contributed by atoms with E-state index in [4.69, 9.17) is 17.3 Å². The number of nitrogens with two attached hydrogens (primary N) is 1. The van der Waals surface area contributed by atoms with Crippen molar-refractivity contribution in [1.29, 1.82) is 0 Å². The van der Waals surface area contributed by atoms with Crippen molar-refractivity contribution in [3.63, 3.8) is 0 Å². The fourth-order valence-corrected chi connectivity index (χ4v) is 3.27. The lowest BCUT2D eigenvalue weighted by atomic mass is 9.91. The molecule has 0 aliphatic carbocycles. The maximum absolute atomic E-state index is 12.0. The minimum absolute atomic E-state index is 0.0603. The van der Waals surface area contributed by atoms with Crippen LogP contribution in [0.15, 0.2) is 24.3 Å². The van der Waals surface area contributed by atoms with Gasteiger partial charge in [0, 0.05) is 5.02 Å². The third-order valence-electron chi connectivity index (χ3n) is 2.94. The zero-order valence-corrected chi connectivity index (χ0v) is 12.4. The van der Waals surface area contributed by atoms with E-state index < -0.39 is 9.84 Å². The maximum atomic E-state index is 12.0. The highest BCUT2D eigenvalue weighted by atomic mass is 35.5.